The number of hydrogen-bond donors (Lipinski definition) is 1. The van der Waals surface area contributed by atoms with Gasteiger partial charge in [-0.1, -0.05) is 11.6 Å². The van der Waals surface area contributed by atoms with Crippen LogP contribution in [0.1, 0.15) is 31.9 Å². The van der Waals surface area contributed by atoms with Crippen LogP contribution in [0.2, 0.25) is 0 Å². The van der Waals surface area contributed by atoms with Crippen molar-refractivity contribution in [3.8, 4) is 0 Å². The van der Waals surface area contributed by atoms with Crippen molar-refractivity contribution in [2.45, 2.75) is 26.4 Å². The van der Waals surface area contributed by atoms with Crippen molar-refractivity contribution in [2.75, 3.05) is 18.0 Å². The zero-order chi connectivity index (χ0) is 11.5. The van der Waals surface area contributed by atoms with E-state index < -0.39 is 6.10 Å². The smallest absolute Gasteiger partial charge is 0.129 e. The summed E-state index contributed by atoms with van der Waals surface area (Å²) in [5, 5.41) is 9.53. The molecule has 1 aliphatic heterocycles. The maximum atomic E-state index is 9.53. The lowest BCUT2D eigenvalue weighted by atomic mass is 10.1. The summed E-state index contributed by atoms with van der Waals surface area (Å²) in [4.78, 5) is 6.59. The van der Waals surface area contributed by atoms with Crippen LogP contribution in [-0.2, 0) is 0 Å². The van der Waals surface area contributed by atoms with E-state index in [1.165, 1.54) is 5.57 Å². The predicted octanol–water partition coefficient (Wildman–Crippen LogP) is 2.29. The van der Waals surface area contributed by atoms with Crippen LogP contribution in [0.4, 0.5) is 5.82 Å². The van der Waals surface area contributed by atoms with Gasteiger partial charge in [0.05, 0.1) is 6.10 Å². The molecule has 0 radical (unpaired) electrons. The van der Waals surface area contributed by atoms with Gasteiger partial charge in [0, 0.05) is 19.3 Å². The molecule has 1 aromatic rings. The largest absolute Gasteiger partial charge is 0.389 e. The molecule has 0 saturated heterocycles. The van der Waals surface area contributed by atoms with Crippen LogP contribution in [0.3, 0.4) is 0 Å². The predicted molar refractivity (Wildman–Crippen MR) is 65.5 cm³/mol. The third-order valence-corrected chi connectivity index (χ3v) is 3.01. The highest BCUT2D eigenvalue weighted by molar-refractivity contribution is 5.43. The van der Waals surface area contributed by atoms with Crippen LogP contribution in [0.15, 0.2) is 30.0 Å². The third kappa shape index (κ3) is 2.42. The molecule has 0 aromatic carbocycles. The topological polar surface area (TPSA) is 36.4 Å². The standard InChI is InChI=1S/C13H18N2O/c1-10-4-7-15(8-5-10)13-9-12(11(2)16)3-6-14-13/h3-4,6,9,11,16H,5,7-8H2,1-2H3. The van der Waals surface area contributed by atoms with E-state index >= 15 is 0 Å². The second-order valence-electron chi connectivity index (χ2n) is 4.37. The number of nitrogens with zero attached hydrogens (tertiary/aromatic N) is 2. The lowest BCUT2D eigenvalue weighted by Crippen LogP contribution is -2.28. The fourth-order valence-electron chi connectivity index (χ4n) is 1.85. The normalized spacial score (nSPS) is 18.2. The van der Waals surface area contributed by atoms with E-state index in [-0.39, 0.29) is 0 Å². The van der Waals surface area contributed by atoms with Crippen molar-refractivity contribution in [3.05, 3.63) is 35.5 Å². The Hall–Kier alpha value is -1.35. The van der Waals surface area contributed by atoms with Gasteiger partial charge in [0.2, 0.25) is 0 Å². The van der Waals surface area contributed by atoms with Gasteiger partial charge in [0.15, 0.2) is 0 Å². The van der Waals surface area contributed by atoms with Crippen molar-refractivity contribution in [3.63, 3.8) is 0 Å². The third-order valence-electron chi connectivity index (χ3n) is 3.01. The summed E-state index contributed by atoms with van der Waals surface area (Å²) in [6, 6.07) is 3.83. The van der Waals surface area contributed by atoms with Crippen molar-refractivity contribution in [1.82, 2.24) is 4.98 Å². The van der Waals surface area contributed by atoms with Crippen molar-refractivity contribution in [1.29, 1.82) is 0 Å². The monoisotopic (exact) mass is 218 g/mol. The molecule has 2 rings (SSSR count). The van der Waals surface area contributed by atoms with Gasteiger partial charge in [-0.05, 0) is 38.0 Å². The molecule has 1 aliphatic rings. The maximum absolute atomic E-state index is 9.53. The Morgan fingerprint density at radius 3 is 2.94 bits per heavy atom. The Morgan fingerprint density at radius 2 is 2.31 bits per heavy atom. The minimum Gasteiger partial charge on any atom is -0.389 e. The first kappa shape index (κ1) is 11.1. The van der Waals surface area contributed by atoms with E-state index in [9.17, 15) is 5.11 Å². The summed E-state index contributed by atoms with van der Waals surface area (Å²) in [5.41, 5.74) is 2.37. The van der Waals surface area contributed by atoms with E-state index in [0.29, 0.717) is 0 Å². The van der Waals surface area contributed by atoms with Gasteiger partial charge in [0.25, 0.3) is 0 Å². The molecule has 1 unspecified atom stereocenters. The maximum Gasteiger partial charge on any atom is 0.129 e. The van der Waals surface area contributed by atoms with Gasteiger partial charge < -0.3 is 10.0 Å². The van der Waals surface area contributed by atoms with E-state index in [0.717, 1.165) is 30.9 Å². The molecule has 1 atom stereocenters. The van der Waals surface area contributed by atoms with Crippen molar-refractivity contribution < 1.29 is 5.11 Å². The Bertz CT molecular complexity index is 399. The molecule has 2 heterocycles. The second-order valence-corrected chi connectivity index (χ2v) is 4.37. The van der Waals surface area contributed by atoms with Gasteiger partial charge in [-0.25, -0.2) is 4.98 Å². The molecule has 0 fully saturated rings. The SMILES string of the molecule is CC1=CCN(c2cc(C(C)O)ccn2)CC1. The van der Waals surface area contributed by atoms with Crippen LogP contribution in [-0.4, -0.2) is 23.2 Å². The number of aliphatic hydroxyl groups is 1. The number of anilines is 1. The molecule has 1 aromatic heterocycles. The summed E-state index contributed by atoms with van der Waals surface area (Å²) in [6.07, 6.45) is 4.67. The lowest BCUT2D eigenvalue weighted by molar-refractivity contribution is 0.199. The van der Waals surface area contributed by atoms with Gasteiger partial charge in [-0.15, -0.1) is 0 Å². The minimum absolute atomic E-state index is 0.427. The molecular weight excluding hydrogens is 200 g/mol. The summed E-state index contributed by atoms with van der Waals surface area (Å²) in [5.74, 6) is 0.960. The van der Waals surface area contributed by atoms with Gasteiger partial charge in [-0.3, -0.25) is 0 Å². The first-order chi connectivity index (χ1) is 7.66. The minimum atomic E-state index is -0.427. The molecule has 0 spiro atoms. The lowest BCUT2D eigenvalue weighted by Gasteiger charge is -2.26. The average Bonchev–Trinajstić information content (AvgIpc) is 2.30. The molecule has 3 heteroatoms. The number of hydrogen-bond acceptors (Lipinski definition) is 3. The molecule has 0 amide bonds. The van der Waals surface area contributed by atoms with E-state index in [4.69, 9.17) is 0 Å². The zero-order valence-corrected chi connectivity index (χ0v) is 9.85. The highest BCUT2D eigenvalue weighted by Gasteiger charge is 2.12. The van der Waals surface area contributed by atoms with Crippen LogP contribution >= 0.6 is 0 Å². The second kappa shape index (κ2) is 4.66. The molecule has 3 nitrogen and oxygen atoms in total. The molecule has 0 aliphatic carbocycles. The van der Waals surface area contributed by atoms with E-state index in [2.05, 4.69) is 22.9 Å². The fourth-order valence-corrected chi connectivity index (χ4v) is 1.85. The first-order valence-electron chi connectivity index (χ1n) is 5.71. The number of rotatable bonds is 2. The van der Waals surface area contributed by atoms with Crippen molar-refractivity contribution >= 4 is 5.82 Å². The Balaban J connectivity index is 2.18. The van der Waals surface area contributed by atoms with Gasteiger partial charge in [-0.2, -0.15) is 0 Å². The highest BCUT2D eigenvalue weighted by Crippen LogP contribution is 2.20. The zero-order valence-electron chi connectivity index (χ0n) is 9.85. The summed E-state index contributed by atoms with van der Waals surface area (Å²) in [6.45, 7) is 5.87. The quantitative estimate of drug-likeness (QED) is 0.774. The average molecular weight is 218 g/mol. The van der Waals surface area contributed by atoms with Crippen LogP contribution in [0.25, 0.3) is 0 Å². The summed E-state index contributed by atoms with van der Waals surface area (Å²) >= 11 is 0. The molecular formula is C13H18N2O. The van der Waals surface area contributed by atoms with Crippen LogP contribution < -0.4 is 4.90 Å². The Morgan fingerprint density at radius 1 is 1.50 bits per heavy atom. The summed E-state index contributed by atoms with van der Waals surface area (Å²) < 4.78 is 0. The first-order valence-corrected chi connectivity index (χ1v) is 5.71. The number of aliphatic hydroxyl groups excluding tert-OH is 1. The molecule has 86 valence electrons. The Labute approximate surface area is 96.4 Å². The van der Waals surface area contributed by atoms with Crippen LogP contribution in [0, 0.1) is 0 Å². The molecule has 0 bridgehead atoms. The highest BCUT2D eigenvalue weighted by atomic mass is 16.3. The van der Waals surface area contributed by atoms with E-state index in [1.807, 2.05) is 12.1 Å². The summed E-state index contributed by atoms with van der Waals surface area (Å²) in [7, 11) is 0. The van der Waals surface area contributed by atoms with E-state index in [1.54, 1.807) is 13.1 Å². The number of aromatic nitrogens is 1. The molecule has 1 N–H and O–H groups in total. The number of pyridine rings is 1. The van der Waals surface area contributed by atoms with Crippen molar-refractivity contribution in [2.24, 2.45) is 0 Å². The molecule has 0 saturated carbocycles. The molecule has 16 heavy (non-hydrogen) atoms. The van der Waals surface area contributed by atoms with Gasteiger partial charge in [0.1, 0.15) is 5.82 Å². The van der Waals surface area contributed by atoms with Gasteiger partial charge >= 0.3 is 0 Å². The fraction of sp³-hybridized carbons (Fsp3) is 0.462. The van der Waals surface area contributed by atoms with Crippen LogP contribution in [0.5, 0.6) is 0 Å². The Kier molecular flexibility index (Phi) is 3.25.